The number of aromatic nitrogens is 1. The maximum atomic E-state index is 13.0. The first kappa shape index (κ1) is 17.6. The van der Waals surface area contributed by atoms with E-state index >= 15 is 0 Å². The Morgan fingerprint density at radius 2 is 1.96 bits per heavy atom. The predicted octanol–water partition coefficient (Wildman–Crippen LogP) is 4.58. The zero-order valence-electron chi connectivity index (χ0n) is 15.3. The van der Waals surface area contributed by atoms with E-state index in [-0.39, 0.29) is 18.7 Å². The average molecular weight is 364 g/mol. The van der Waals surface area contributed by atoms with Crippen LogP contribution in [0.2, 0.25) is 0 Å². The molecule has 1 aromatic heterocycles. The molecular formula is C22H24N2O3. The minimum Gasteiger partial charge on any atom is -0.454 e. The standard InChI is InChI=1S/C22H24N2O3/c25-22(11-6-7-17-12-13-19-20(15-17)27-16-26-19)24(18-8-2-1-3-9-18)21-10-4-5-14-23-21/h4-7,10,12-15,18H,1-3,8-9,11,16H2/b7-6+. The minimum absolute atomic E-state index is 0.0950. The van der Waals surface area contributed by atoms with Crippen LogP contribution in [0.15, 0.2) is 48.7 Å². The number of hydrogen-bond donors (Lipinski definition) is 0. The van der Waals surface area contributed by atoms with Crippen LogP contribution in [0.5, 0.6) is 11.5 Å². The lowest BCUT2D eigenvalue weighted by atomic mass is 9.94. The summed E-state index contributed by atoms with van der Waals surface area (Å²) in [5, 5.41) is 0. The number of ether oxygens (including phenoxy) is 2. The van der Waals surface area contributed by atoms with Gasteiger partial charge in [0.15, 0.2) is 11.5 Å². The highest BCUT2D eigenvalue weighted by molar-refractivity contribution is 5.94. The van der Waals surface area contributed by atoms with Gasteiger partial charge in [0.2, 0.25) is 12.7 Å². The molecule has 140 valence electrons. The fourth-order valence-corrected chi connectivity index (χ4v) is 3.76. The van der Waals surface area contributed by atoms with Crippen LogP contribution in [0, 0.1) is 0 Å². The van der Waals surface area contributed by atoms with Crippen LogP contribution in [0.3, 0.4) is 0 Å². The number of pyridine rings is 1. The monoisotopic (exact) mass is 364 g/mol. The zero-order chi connectivity index (χ0) is 18.5. The van der Waals surface area contributed by atoms with Gasteiger partial charge >= 0.3 is 0 Å². The molecule has 1 aliphatic heterocycles. The maximum absolute atomic E-state index is 13.0. The molecule has 0 unspecified atom stereocenters. The molecule has 0 bridgehead atoms. The van der Waals surface area contributed by atoms with Crippen molar-refractivity contribution in [1.29, 1.82) is 0 Å². The van der Waals surface area contributed by atoms with E-state index in [2.05, 4.69) is 4.98 Å². The van der Waals surface area contributed by atoms with E-state index in [1.54, 1.807) is 6.20 Å². The smallest absolute Gasteiger partial charge is 0.232 e. The number of fused-ring (bicyclic) bond motifs is 1. The first-order valence-electron chi connectivity index (χ1n) is 9.60. The van der Waals surface area contributed by atoms with E-state index < -0.39 is 0 Å². The molecule has 1 amide bonds. The van der Waals surface area contributed by atoms with E-state index in [1.165, 1.54) is 19.3 Å². The molecule has 2 aliphatic rings. The van der Waals surface area contributed by atoms with Crippen molar-refractivity contribution in [3.63, 3.8) is 0 Å². The van der Waals surface area contributed by atoms with Crippen molar-refractivity contribution < 1.29 is 14.3 Å². The van der Waals surface area contributed by atoms with Crippen molar-refractivity contribution in [3.8, 4) is 11.5 Å². The Hall–Kier alpha value is -2.82. The summed E-state index contributed by atoms with van der Waals surface area (Å²) in [6.45, 7) is 0.265. The van der Waals surface area contributed by atoms with Gasteiger partial charge in [-0.2, -0.15) is 0 Å². The van der Waals surface area contributed by atoms with Gasteiger partial charge in [0.1, 0.15) is 5.82 Å². The van der Waals surface area contributed by atoms with Crippen LogP contribution in [-0.2, 0) is 4.79 Å². The van der Waals surface area contributed by atoms with Gasteiger partial charge in [-0.3, -0.25) is 9.69 Å². The molecule has 0 radical (unpaired) electrons. The Kier molecular flexibility index (Phi) is 5.37. The van der Waals surface area contributed by atoms with E-state index in [9.17, 15) is 4.79 Å². The summed E-state index contributed by atoms with van der Waals surface area (Å²) in [4.78, 5) is 19.3. The first-order chi connectivity index (χ1) is 13.3. The van der Waals surface area contributed by atoms with E-state index in [4.69, 9.17) is 9.47 Å². The number of rotatable bonds is 5. The third-order valence-electron chi connectivity index (χ3n) is 5.10. The molecule has 1 fully saturated rings. The molecule has 2 aromatic rings. The molecule has 5 heteroatoms. The van der Waals surface area contributed by atoms with Crippen molar-refractivity contribution in [2.45, 2.75) is 44.6 Å². The highest BCUT2D eigenvalue weighted by Gasteiger charge is 2.26. The third kappa shape index (κ3) is 4.13. The molecule has 0 N–H and O–H groups in total. The zero-order valence-corrected chi connectivity index (χ0v) is 15.3. The van der Waals surface area contributed by atoms with Gasteiger partial charge in [-0.05, 0) is 42.7 Å². The molecule has 0 atom stereocenters. The number of benzene rings is 1. The van der Waals surface area contributed by atoms with Gasteiger partial charge in [-0.25, -0.2) is 4.98 Å². The van der Waals surface area contributed by atoms with Crippen LogP contribution < -0.4 is 14.4 Å². The number of amides is 1. The Labute approximate surface area is 159 Å². The summed E-state index contributed by atoms with van der Waals surface area (Å²) >= 11 is 0. The predicted molar refractivity (Wildman–Crippen MR) is 105 cm³/mol. The van der Waals surface area contributed by atoms with Crippen LogP contribution in [0.1, 0.15) is 44.1 Å². The fraction of sp³-hybridized carbons (Fsp3) is 0.364. The summed E-state index contributed by atoms with van der Waals surface area (Å²) in [6, 6.07) is 11.8. The quantitative estimate of drug-likeness (QED) is 0.779. The van der Waals surface area contributed by atoms with Crippen molar-refractivity contribution in [3.05, 3.63) is 54.2 Å². The molecule has 2 heterocycles. The second-order valence-corrected chi connectivity index (χ2v) is 6.96. The van der Waals surface area contributed by atoms with Gasteiger partial charge in [0.05, 0.1) is 0 Å². The Morgan fingerprint density at radius 1 is 1.11 bits per heavy atom. The number of hydrogen-bond acceptors (Lipinski definition) is 4. The Bertz CT molecular complexity index is 814. The summed E-state index contributed by atoms with van der Waals surface area (Å²) in [7, 11) is 0. The summed E-state index contributed by atoms with van der Waals surface area (Å²) < 4.78 is 10.7. The van der Waals surface area contributed by atoms with Crippen LogP contribution in [0.25, 0.3) is 6.08 Å². The minimum atomic E-state index is 0.0950. The molecular weight excluding hydrogens is 340 g/mol. The van der Waals surface area contributed by atoms with Gasteiger partial charge in [0.25, 0.3) is 0 Å². The normalized spacial score (nSPS) is 16.6. The van der Waals surface area contributed by atoms with Gasteiger partial charge in [-0.1, -0.05) is 43.5 Å². The van der Waals surface area contributed by atoms with Crippen LogP contribution in [-0.4, -0.2) is 23.7 Å². The SMILES string of the molecule is O=C(C/C=C/c1ccc2c(c1)OCO2)N(c1ccccn1)C1CCCCC1. The molecule has 5 nitrogen and oxygen atoms in total. The molecule has 0 saturated heterocycles. The molecule has 1 aliphatic carbocycles. The number of carbonyl (C=O) groups excluding carboxylic acids is 1. The topological polar surface area (TPSA) is 51.7 Å². The second-order valence-electron chi connectivity index (χ2n) is 6.96. The van der Waals surface area contributed by atoms with E-state index in [0.717, 1.165) is 35.7 Å². The lowest BCUT2D eigenvalue weighted by Gasteiger charge is -2.33. The Morgan fingerprint density at radius 3 is 2.78 bits per heavy atom. The van der Waals surface area contributed by atoms with Gasteiger partial charge < -0.3 is 9.47 Å². The summed E-state index contributed by atoms with van der Waals surface area (Å²) in [6.07, 6.45) is 11.7. The average Bonchev–Trinajstić information content (AvgIpc) is 3.18. The van der Waals surface area contributed by atoms with Gasteiger partial charge in [-0.15, -0.1) is 0 Å². The molecule has 4 rings (SSSR count). The molecule has 0 spiro atoms. The fourth-order valence-electron chi connectivity index (χ4n) is 3.76. The third-order valence-corrected chi connectivity index (χ3v) is 5.10. The molecule has 1 saturated carbocycles. The molecule has 27 heavy (non-hydrogen) atoms. The maximum Gasteiger partial charge on any atom is 0.232 e. The van der Waals surface area contributed by atoms with E-state index in [0.29, 0.717) is 6.42 Å². The van der Waals surface area contributed by atoms with Crippen molar-refractivity contribution in [2.24, 2.45) is 0 Å². The lowest BCUT2D eigenvalue weighted by Crippen LogP contribution is -2.41. The summed E-state index contributed by atoms with van der Waals surface area (Å²) in [5.41, 5.74) is 0.995. The van der Waals surface area contributed by atoms with Crippen molar-refractivity contribution >= 4 is 17.8 Å². The second kappa shape index (κ2) is 8.25. The Balaban J connectivity index is 1.46. The lowest BCUT2D eigenvalue weighted by molar-refractivity contribution is -0.118. The van der Waals surface area contributed by atoms with Crippen LogP contribution in [0.4, 0.5) is 5.82 Å². The van der Waals surface area contributed by atoms with Crippen molar-refractivity contribution in [2.75, 3.05) is 11.7 Å². The van der Waals surface area contributed by atoms with Gasteiger partial charge in [0, 0.05) is 18.7 Å². The highest BCUT2D eigenvalue weighted by atomic mass is 16.7. The first-order valence-corrected chi connectivity index (χ1v) is 9.60. The number of carbonyl (C=O) groups is 1. The summed E-state index contributed by atoms with van der Waals surface area (Å²) in [5.74, 6) is 2.37. The largest absolute Gasteiger partial charge is 0.454 e. The van der Waals surface area contributed by atoms with E-state index in [1.807, 2.05) is 53.5 Å². The molecule has 1 aromatic carbocycles. The highest BCUT2D eigenvalue weighted by Crippen LogP contribution is 2.33. The van der Waals surface area contributed by atoms with Crippen LogP contribution >= 0.6 is 0 Å². The van der Waals surface area contributed by atoms with Crippen molar-refractivity contribution in [1.82, 2.24) is 4.98 Å². The number of nitrogens with zero attached hydrogens (tertiary/aromatic N) is 2. The number of anilines is 1.